The highest BCUT2D eigenvalue weighted by Crippen LogP contribution is 2.35. The van der Waals surface area contributed by atoms with Crippen LogP contribution in [0.15, 0.2) is 12.1 Å². The summed E-state index contributed by atoms with van der Waals surface area (Å²) in [5.41, 5.74) is 5.50. The van der Waals surface area contributed by atoms with E-state index in [1.807, 2.05) is 6.92 Å². The van der Waals surface area contributed by atoms with E-state index in [0.29, 0.717) is 5.92 Å². The van der Waals surface area contributed by atoms with Crippen LogP contribution >= 0.6 is 0 Å². The average molecular weight is 222 g/mol. The molecule has 86 valence electrons. The zero-order valence-electron chi connectivity index (χ0n) is 9.01. The minimum Gasteiger partial charge on any atom is -0.384 e. The lowest BCUT2D eigenvalue weighted by atomic mass is 10.2. The van der Waals surface area contributed by atoms with Crippen molar-refractivity contribution in [1.82, 2.24) is 4.98 Å². The Hall–Kier alpha value is -1.85. The Morgan fingerprint density at radius 2 is 2.31 bits per heavy atom. The second kappa shape index (κ2) is 3.96. The molecular weight excluding hydrogens is 208 g/mol. The van der Waals surface area contributed by atoms with Crippen molar-refractivity contribution < 1.29 is 4.92 Å². The number of nitrogen functional groups attached to an aromatic ring is 1. The van der Waals surface area contributed by atoms with Gasteiger partial charge in [-0.05, 0) is 31.7 Å². The number of anilines is 2. The van der Waals surface area contributed by atoms with Crippen LogP contribution in [0.25, 0.3) is 0 Å². The number of nitro groups is 1. The normalized spacial score (nSPS) is 16.8. The molecule has 16 heavy (non-hydrogen) atoms. The van der Waals surface area contributed by atoms with Crippen LogP contribution in [0.4, 0.5) is 17.3 Å². The minimum atomic E-state index is -0.450. The summed E-state index contributed by atoms with van der Waals surface area (Å²) in [6.45, 7) is 2.01. The van der Waals surface area contributed by atoms with Crippen molar-refractivity contribution in [3.63, 3.8) is 0 Å². The van der Waals surface area contributed by atoms with Crippen molar-refractivity contribution in [2.45, 2.75) is 25.8 Å². The van der Waals surface area contributed by atoms with Gasteiger partial charge < -0.3 is 11.1 Å². The molecule has 0 aromatic carbocycles. The molecule has 1 aliphatic rings. The Morgan fingerprint density at radius 1 is 1.62 bits per heavy atom. The third-order valence-electron chi connectivity index (χ3n) is 2.79. The highest BCUT2D eigenvalue weighted by Gasteiger charge is 2.29. The van der Waals surface area contributed by atoms with Gasteiger partial charge in [0, 0.05) is 12.1 Å². The average Bonchev–Trinajstić information content (AvgIpc) is 2.99. The summed E-state index contributed by atoms with van der Waals surface area (Å²) in [5, 5.41) is 13.8. The predicted molar refractivity (Wildman–Crippen MR) is 61.1 cm³/mol. The molecule has 1 heterocycles. The molecule has 1 unspecified atom stereocenters. The maximum absolute atomic E-state index is 10.8. The first-order valence-corrected chi connectivity index (χ1v) is 5.25. The summed E-state index contributed by atoms with van der Waals surface area (Å²) in [6.07, 6.45) is 2.34. The fraction of sp³-hybridized carbons (Fsp3) is 0.500. The number of aromatic nitrogens is 1. The molecule has 0 saturated heterocycles. The van der Waals surface area contributed by atoms with Crippen LogP contribution in [-0.4, -0.2) is 15.9 Å². The van der Waals surface area contributed by atoms with E-state index in [1.165, 1.54) is 25.0 Å². The number of hydrogen-bond acceptors (Lipinski definition) is 5. The van der Waals surface area contributed by atoms with Gasteiger partial charge in [-0.3, -0.25) is 10.1 Å². The third kappa shape index (κ3) is 2.21. The molecule has 0 aliphatic heterocycles. The van der Waals surface area contributed by atoms with Crippen molar-refractivity contribution in [2.24, 2.45) is 5.92 Å². The molecule has 1 aromatic rings. The predicted octanol–water partition coefficient (Wildman–Crippen LogP) is 1.78. The highest BCUT2D eigenvalue weighted by atomic mass is 16.6. The highest BCUT2D eigenvalue weighted by molar-refractivity contribution is 5.59. The van der Waals surface area contributed by atoms with E-state index in [1.54, 1.807) is 0 Å². The summed E-state index contributed by atoms with van der Waals surface area (Å²) in [7, 11) is 0. The zero-order chi connectivity index (χ0) is 11.7. The fourth-order valence-corrected chi connectivity index (χ4v) is 1.65. The molecule has 1 aromatic heterocycles. The lowest BCUT2D eigenvalue weighted by Gasteiger charge is -2.13. The van der Waals surface area contributed by atoms with Crippen LogP contribution in [0.2, 0.25) is 0 Å². The van der Waals surface area contributed by atoms with Crippen LogP contribution < -0.4 is 11.1 Å². The molecule has 0 amide bonds. The van der Waals surface area contributed by atoms with E-state index in [0.717, 1.165) is 0 Å². The van der Waals surface area contributed by atoms with Crippen LogP contribution in [0, 0.1) is 16.0 Å². The first kappa shape index (κ1) is 10.7. The van der Waals surface area contributed by atoms with Gasteiger partial charge in [-0.1, -0.05) is 0 Å². The number of hydrogen-bond donors (Lipinski definition) is 2. The van der Waals surface area contributed by atoms with Crippen LogP contribution in [-0.2, 0) is 0 Å². The molecule has 0 radical (unpaired) electrons. The van der Waals surface area contributed by atoms with E-state index in [-0.39, 0.29) is 23.4 Å². The van der Waals surface area contributed by atoms with Gasteiger partial charge in [0.2, 0.25) is 5.82 Å². The number of nitrogens with zero attached hydrogens (tertiary/aromatic N) is 2. The molecule has 3 N–H and O–H groups in total. The van der Waals surface area contributed by atoms with Gasteiger partial charge in [-0.15, -0.1) is 0 Å². The third-order valence-corrected chi connectivity index (χ3v) is 2.79. The Labute approximate surface area is 93.0 Å². The van der Waals surface area contributed by atoms with Gasteiger partial charge >= 0.3 is 5.69 Å². The van der Waals surface area contributed by atoms with Crippen LogP contribution in [0.5, 0.6) is 0 Å². The van der Waals surface area contributed by atoms with E-state index >= 15 is 0 Å². The summed E-state index contributed by atoms with van der Waals surface area (Å²) in [4.78, 5) is 14.3. The minimum absolute atomic E-state index is 0.0262. The van der Waals surface area contributed by atoms with Crippen molar-refractivity contribution in [3.8, 4) is 0 Å². The van der Waals surface area contributed by atoms with Crippen molar-refractivity contribution in [2.75, 3.05) is 11.1 Å². The zero-order valence-corrected chi connectivity index (χ0v) is 9.01. The van der Waals surface area contributed by atoms with Gasteiger partial charge in [0.1, 0.15) is 5.82 Å². The van der Waals surface area contributed by atoms with Gasteiger partial charge in [-0.25, -0.2) is 4.98 Å². The fourth-order valence-electron chi connectivity index (χ4n) is 1.65. The van der Waals surface area contributed by atoms with E-state index in [9.17, 15) is 10.1 Å². The first-order chi connectivity index (χ1) is 7.58. The second-order valence-corrected chi connectivity index (χ2v) is 4.13. The van der Waals surface area contributed by atoms with Crippen molar-refractivity contribution in [3.05, 3.63) is 22.2 Å². The molecule has 0 bridgehead atoms. The largest absolute Gasteiger partial charge is 0.384 e. The maximum Gasteiger partial charge on any atom is 0.311 e. The first-order valence-electron chi connectivity index (χ1n) is 5.25. The monoisotopic (exact) mass is 222 g/mol. The quantitative estimate of drug-likeness (QED) is 0.598. The Kier molecular flexibility index (Phi) is 2.64. The lowest BCUT2D eigenvalue weighted by Crippen LogP contribution is -2.19. The molecule has 6 heteroatoms. The molecule has 0 spiro atoms. The van der Waals surface area contributed by atoms with E-state index < -0.39 is 4.92 Å². The number of pyridine rings is 1. The molecule has 1 aliphatic carbocycles. The smallest absolute Gasteiger partial charge is 0.311 e. The molecule has 1 atom stereocenters. The second-order valence-electron chi connectivity index (χ2n) is 4.13. The Morgan fingerprint density at radius 3 is 2.88 bits per heavy atom. The number of rotatable bonds is 4. The SMILES string of the molecule is CC(Nc1nc(N)ccc1[N+](=O)[O-])C1CC1. The molecule has 1 fully saturated rings. The molecule has 2 rings (SSSR count). The lowest BCUT2D eigenvalue weighted by molar-refractivity contribution is -0.384. The summed E-state index contributed by atoms with van der Waals surface area (Å²) < 4.78 is 0. The summed E-state index contributed by atoms with van der Waals surface area (Å²) in [5.74, 6) is 1.16. The Balaban J connectivity index is 2.22. The van der Waals surface area contributed by atoms with E-state index in [2.05, 4.69) is 10.3 Å². The van der Waals surface area contributed by atoms with Gasteiger partial charge in [-0.2, -0.15) is 0 Å². The van der Waals surface area contributed by atoms with Crippen molar-refractivity contribution >= 4 is 17.3 Å². The van der Waals surface area contributed by atoms with Crippen LogP contribution in [0.1, 0.15) is 19.8 Å². The van der Waals surface area contributed by atoms with E-state index in [4.69, 9.17) is 5.73 Å². The Bertz CT molecular complexity index is 417. The van der Waals surface area contributed by atoms with Crippen LogP contribution in [0.3, 0.4) is 0 Å². The summed E-state index contributed by atoms with van der Waals surface area (Å²) in [6, 6.07) is 3.02. The maximum atomic E-state index is 10.8. The standard InChI is InChI=1S/C10H14N4O2/c1-6(7-2-3-7)12-10-8(14(15)16)4-5-9(11)13-10/h4-7H,2-3H2,1H3,(H3,11,12,13). The molecular formula is C10H14N4O2. The number of nitrogens with one attached hydrogen (secondary N) is 1. The number of nitrogens with two attached hydrogens (primary N) is 1. The van der Waals surface area contributed by atoms with Gasteiger partial charge in [0.25, 0.3) is 0 Å². The van der Waals surface area contributed by atoms with Gasteiger partial charge in [0.05, 0.1) is 4.92 Å². The topological polar surface area (TPSA) is 94.1 Å². The van der Waals surface area contributed by atoms with Gasteiger partial charge in [0.15, 0.2) is 0 Å². The van der Waals surface area contributed by atoms with Crippen molar-refractivity contribution in [1.29, 1.82) is 0 Å². The molecule has 6 nitrogen and oxygen atoms in total. The molecule has 1 saturated carbocycles. The summed E-state index contributed by atoms with van der Waals surface area (Å²) >= 11 is 0.